The predicted octanol–water partition coefficient (Wildman–Crippen LogP) is 2.06. The molecule has 1 aliphatic heterocycles. The normalized spacial score (nSPS) is 25.0. The molecule has 0 aliphatic carbocycles. The van der Waals surface area contributed by atoms with Crippen molar-refractivity contribution in [1.82, 2.24) is 19.7 Å². The highest BCUT2D eigenvalue weighted by atomic mass is 31.2. The van der Waals surface area contributed by atoms with Crippen LogP contribution in [0.15, 0.2) is 53.8 Å². The summed E-state index contributed by atoms with van der Waals surface area (Å²) in [6.45, 7) is 10.3. The second-order valence-electron chi connectivity index (χ2n) is 10.8. The fourth-order valence-corrected chi connectivity index (χ4v) is 5.67. The summed E-state index contributed by atoms with van der Waals surface area (Å²) in [5.74, 6) is -0.284. The van der Waals surface area contributed by atoms with E-state index in [1.54, 1.807) is 42.5 Å². The van der Waals surface area contributed by atoms with E-state index in [0.717, 1.165) is 0 Å². The van der Waals surface area contributed by atoms with Crippen LogP contribution in [0.25, 0.3) is 5.52 Å². The highest BCUT2D eigenvalue weighted by Gasteiger charge is 2.57. The molecule has 1 aromatic carbocycles. The molecular formula is C26H35N6O8P. The minimum Gasteiger partial charge on any atom is -0.464 e. The Morgan fingerprint density at radius 1 is 1.29 bits per heavy atom. The van der Waals surface area contributed by atoms with Crippen LogP contribution in [0, 0.1) is 5.41 Å². The first-order valence-electron chi connectivity index (χ1n) is 12.8. The van der Waals surface area contributed by atoms with Gasteiger partial charge in [-0.1, -0.05) is 39.0 Å². The van der Waals surface area contributed by atoms with Gasteiger partial charge in [0.1, 0.15) is 47.6 Å². The van der Waals surface area contributed by atoms with E-state index in [9.17, 15) is 19.6 Å². The van der Waals surface area contributed by atoms with Gasteiger partial charge in [-0.3, -0.25) is 14.3 Å². The van der Waals surface area contributed by atoms with Crippen molar-refractivity contribution in [1.29, 1.82) is 0 Å². The summed E-state index contributed by atoms with van der Waals surface area (Å²) < 4.78 is 37.9. The monoisotopic (exact) mass is 590 g/mol. The molecule has 41 heavy (non-hydrogen) atoms. The van der Waals surface area contributed by atoms with Gasteiger partial charge in [0.05, 0.1) is 13.2 Å². The maximum absolute atomic E-state index is 13.9. The van der Waals surface area contributed by atoms with Crippen LogP contribution >= 0.6 is 7.75 Å². The second kappa shape index (κ2) is 11.8. The molecule has 14 nitrogen and oxygen atoms in total. The molecule has 3 aromatic rings. The van der Waals surface area contributed by atoms with Crippen LogP contribution in [0.4, 0.5) is 5.82 Å². The number of para-hydroxylation sites is 1. The molecule has 0 radical (unpaired) electrons. The summed E-state index contributed by atoms with van der Waals surface area (Å²) in [5, 5.41) is 28.7. The number of benzene rings is 1. The van der Waals surface area contributed by atoms with Crippen molar-refractivity contribution in [3.05, 3.63) is 54.5 Å². The molecule has 222 valence electrons. The lowest BCUT2D eigenvalue weighted by molar-refractivity contribution is -0.148. The number of ether oxygens (including phenoxy) is 2. The lowest BCUT2D eigenvalue weighted by Gasteiger charge is -2.27. The third kappa shape index (κ3) is 6.58. The van der Waals surface area contributed by atoms with Gasteiger partial charge < -0.3 is 29.9 Å². The maximum atomic E-state index is 13.9. The molecule has 0 amide bonds. The Labute approximate surface area is 237 Å². The van der Waals surface area contributed by atoms with Gasteiger partial charge in [-0.05, 0) is 43.3 Å². The minimum atomic E-state index is -4.28. The molecule has 0 bridgehead atoms. The number of esters is 1. The number of aliphatic hydroxyl groups excluding tert-OH is 2. The molecule has 3 heterocycles. The fraction of sp³-hybridized carbons (Fsp3) is 0.462. The van der Waals surface area contributed by atoms with Crippen molar-refractivity contribution in [3.8, 4) is 5.75 Å². The van der Waals surface area contributed by atoms with Gasteiger partial charge in [0.2, 0.25) is 5.72 Å². The molecular weight excluding hydrogens is 555 g/mol. The zero-order valence-corrected chi connectivity index (χ0v) is 24.1. The topological polar surface area (TPSA) is 192 Å². The number of rotatable bonds is 11. The second-order valence-corrected chi connectivity index (χ2v) is 12.5. The Balaban J connectivity index is 1.55. The standard InChI is InChI=1S/C26H35N6O8P/c1-16(24(35)37-14-25(2,3)4)31-41(36,40-17-9-7-6-8-10-17)38-13-19-21(33)22(34)26(28-5,39-19)20-12-11-18-23(27)29-15-30-32(18)20/h6-12,15-16,19,21-22,33-34H,5,13-14H2,1-4H3,(H,31,36)(H2,27,29,30)/t16-,19+,21+,22+,26-,41?/m0/s1. The number of aliphatic hydroxyl groups is 2. The lowest BCUT2D eigenvalue weighted by atomic mass is 9.99. The van der Waals surface area contributed by atoms with Crippen molar-refractivity contribution in [2.45, 2.75) is 57.8 Å². The van der Waals surface area contributed by atoms with E-state index in [0.29, 0.717) is 5.52 Å². The summed E-state index contributed by atoms with van der Waals surface area (Å²) in [6.07, 6.45) is -3.20. The summed E-state index contributed by atoms with van der Waals surface area (Å²) in [5.41, 5.74) is 4.43. The lowest BCUT2D eigenvalue weighted by Crippen LogP contribution is -2.40. The number of anilines is 1. The van der Waals surface area contributed by atoms with Crippen LogP contribution in [0.1, 0.15) is 33.4 Å². The van der Waals surface area contributed by atoms with E-state index < -0.39 is 50.4 Å². The van der Waals surface area contributed by atoms with Gasteiger partial charge >= 0.3 is 13.7 Å². The Kier molecular flexibility index (Phi) is 8.83. The van der Waals surface area contributed by atoms with Gasteiger partial charge in [-0.15, -0.1) is 0 Å². The fourth-order valence-electron chi connectivity index (χ4n) is 4.17. The highest BCUT2D eigenvalue weighted by Crippen LogP contribution is 2.47. The van der Waals surface area contributed by atoms with E-state index >= 15 is 0 Å². The van der Waals surface area contributed by atoms with Crippen LogP contribution in [-0.4, -0.2) is 75.1 Å². The number of aromatic nitrogens is 3. The molecule has 4 rings (SSSR count). The van der Waals surface area contributed by atoms with Crippen molar-refractivity contribution >= 4 is 31.8 Å². The highest BCUT2D eigenvalue weighted by molar-refractivity contribution is 7.52. The number of nitrogen functional groups attached to an aromatic ring is 1. The average Bonchev–Trinajstić information content (AvgIpc) is 3.47. The molecule has 1 saturated heterocycles. The molecule has 1 fully saturated rings. The van der Waals surface area contributed by atoms with Crippen molar-refractivity contribution in [2.75, 3.05) is 18.9 Å². The van der Waals surface area contributed by atoms with E-state index in [2.05, 4.69) is 26.9 Å². The number of hydrogen-bond donors (Lipinski definition) is 4. The minimum absolute atomic E-state index is 0.143. The summed E-state index contributed by atoms with van der Waals surface area (Å²) in [6, 6.07) is 10.3. The number of carbonyl (C=O) groups excluding carboxylic acids is 1. The third-order valence-electron chi connectivity index (χ3n) is 6.25. The van der Waals surface area contributed by atoms with Gasteiger partial charge in [0.15, 0.2) is 5.82 Å². The van der Waals surface area contributed by atoms with Crippen LogP contribution in [0.3, 0.4) is 0 Å². The average molecular weight is 591 g/mol. The van der Waals surface area contributed by atoms with E-state index in [4.69, 9.17) is 24.3 Å². The number of aliphatic imine (C=N–C) groups is 1. The number of nitrogens with zero attached hydrogens (tertiary/aromatic N) is 4. The first kappa shape index (κ1) is 30.6. The van der Waals surface area contributed by atoms with Crippen molar-refractivity contribution < 1.29 is 38.1 Å². The molecule has 6 atom stereocenters. The Morgan fingerprint density at radius 2 is 2.00 bits per heavy atom. The maximum Gasteiger partial charge on any atom is 0.459 e. The van der Waals surface area contributed by atoms with Gasteiger partial charge in [-0.2, -0.15) is 10.2 Å². The molecule has 0 spiro atoms. The van der Waals surface area contributed by atoms with Gasteiger partial charge in [0.25, 0.3) is 0 Å². The molecule has 0 saturated carbocycles. The summed E-state index contributed by atoms with van der Waals surface area (Å²) >= 11 is 0. The first-order valence-corrected chi connectivity index (χ1v) is 14.4. The van der Waals surface area contributed by atoms with Crippen molar-refractivity contribution in [3.63, 3.8) is 0 Å². The van der Waals surface area contributed by atoms with E-state index in [1.165, 1.54) is 17.8 Å². The molecule has 1 unspecified atom stereocenters. The number of carbonyl (C=O) groups is 1. The summed E-state index contributed by atoms with van der Waals surface area (Å²) in [7, 11) is -4.28. The predicted molar refractivity (Wildman–Crippen MR) is 149 cm³/mol. The van der Waals surface area contributed by atoms with Gasteiger partial charge in [-0.25, -0.2) is 14.1 Å². The van der Waals surface area contributed by atoms with E-state index in [-0.39, 0.29) is 29.3 Å². The first-order chi connectivity index (χ1) is 19.3. The number of fused-ring (bicyclic) bond motifs is 1. The molecule has 5 N–H and O–H groups in total. The molecule has 1 aliphatic rings. The summed E-state index contributed by atoms with van der Waals surface area (Å²) in [4.78, 5) is 20.6. The number of hydrogen-bond acceptors (Lipinski definition) is 12. The third-order valence-corrected chi connectivity index (χ3v) is 7.89. The van der Waals surface area contributed by atoms with Crippen LogP contribution in [0.5, 0.6) is 5.75 Å². The smallest absolute Gasteiger partial charge is 0.459 e. The van der Waals surface area contributed by atoms with Crippen LogP contribution < -0.4 is 15.3 Å². The molecule has 2 aromatic heterocycles. The zero-order valence-electron chi connectivity index (χ0n) is 23.2. The Bertz CT molecular complexity index is 1430. The Morgan fingerprint density at radius 3 is 2.66 bits per heavy atom. The van der Waals surface area contributed by atoms with Crippen LogP contribution in [-0.2, 0) is 29.1 Å². The van der Waals surface area contributed by atoms with Crippen molar-refractivity contribution in [2.24, 2.45) is 10.4 Å². The molecule has 15 heteroatoms. The van der Waals surface area contributed by atoms with E-state index in [1.807, 2.05) is 20.8 Å². The van der Waals surface area contributed by atoms with Gasteiger partial charge in [0, 0.05) is 0 Å². The number of nitrogens with two attached hydrogens (primary N) is 1. The Hall–Kier alpha value is -3.39. The van der Waals surface area contributed by atoms with Crippen LogP contribution in [0.2, 0.25) is 0 Å². The zero-order chi connectivity index (χ0) is 30.0. The quantitative estimate of drug-likeness (QED) is 0.145. The largest absolute Gasteiger partial charge is 0.464 e. The number of nitrogens with one attached hydrogen (secondary N) is 1. The SMILES string of the molecule is C=N[C@@]1(c2ccc3c(N)ncnn23)O[C@H](COP(=O)(N[C@@H](C)C(=O)OCC(C)(C)C)Oc2ccccc2)[C@@H](O)[C@H]1O.